The molecule has 1 aliphatic rings. The Bertz CT molecular complexity index is 665. The molecule has 0 radical (unpaired) electrons. The van der Waals surface area contributed by atoms with Crippen molar-refractivity contribution in [2.45, 2.75) is 24.5 Å². The van der Waals surface area contributed by atoms with Gasteiger partial charge in [-0.05, 0) is 0 Å². The summed E-state index contributed by atoms with van der Waals surface area (Å²) in [6.07, 6.45) is 1.33. The number of nitrogen functional groups attached to an aromatic ring is 1. The summed E-state index contributed by atoms with van der Waals surface area (Å²) in [5.41, 5.74) is 12.9. The van der Waals surface area contributed by atoms with Gasteiger partial charge in [-0.3, -0.25) is 4.57 Å². The smallest absolute Gasteiger partial charge is 0.167 e. The lowest BCUT2D eigenvalue weighted by molar-refractivity contribution is -0.0752. The first-order valence-corrected chi connectivity index (χ1v) is 7.22. The van der Waals surface area contributed by atoms with E-state index in [4.69, 9.17) is 25.7 Å². The molecule has 1 saturated heterocycles. The van der Waals surface area contributed by atoms with Gasteiger partial charge in [0.2, 0.25) is 0 Å². The quantitative estimate of drug-likeness (QED) is 0.550. The molecule has 2 aromatic rings. The maximum atomic E-state index is 9.44. The number of aromatic nitrogens is 4. The molecule has 0 aromatic carbocycles. The summed E-state index contributed by atoms with van der Waals surface area (Å²) in [6.45, 7) is 0.585. The van der Waals surface area contributed by atoms with Crippen LogP contribution in [0.15, 0.2) is 12.7 Å². The van der Waals surface area contributed by atoms with Crippen molar-refractivity contribution >= 4 is 17.0 Å². The van der Waals surface area contributed by atoms with Crippen LogP contribution in [0.3, 0.4) is 0 Å². The second-order valence-corrected chi connectivity index (χ2v) is 5.24. The van der Waals surface area contributed by atoms with Gasteiger partial charge in [0.25, 0.3) is 0 Å². The van der Waals surface area contributed by atoms with Crippen molar-refractivity contribution in [1.29, 1.82) is 0 Å². The van der Waals surface area contributed by atoms with Crippen molar-refractivity contribution in [2.75, 3.05) is 32.7 Å². The van der Waals surface area contributed by atoms with Crippen molar-refractivity contribution in [1.82, 2.24) is 19.5 Å². The van der Waals surface area contributed by atoms with Crippen LogP contribution in [-0.4, -0.2) is 69.8 Å². The molecule has 1 aliphatic heterocycles. The Labute approximate surface area is 132 Å². The Balaban J connectivity index is 1.92. The molecule has 2 aromatic heterocycles. The standard InChI is InChI=1S/C13H20N6O4/c1-21-2-3-22-10-8(14)7(4-20)23-13(10)19-6-18-9-11(15)16-5-17-12(9)19/h5-8,10,13,20H,2-4,14H2,1H3,(H2,15,16,17)/t7-,8-,10-,13-/m1/s1. The molecule has 10 nitrogen and oxygen atoms in total. The van der Waals surface area contributed by atoms with E-state index in [0.29, 0.717) is 24.4 Å². The van der Waals surface area contributed by atoms with Crippen LogP contribution in [0.4, 0.5) is 5.82 Å². The highest BCUT2D eigenvalue weighted by Crippen LogP contribution is 2.32. The molecule has 3 heterocycles. The molecule has 10 heteroatoms. The number of aliphatic hydroxyl groups is 1. The third-order valence-corrected chi connectivity index (χ3v) is 3.84. The number of nitrogens with zero attached hydrogens (tertiary/aromatic N) is 4. The van der Waals surface area contributed by atoms with Gasteiger partial charge in [0, 0.05) is 7.11 Å². The molecule has 0 spiro atoms. The van der Waals surface area contributed by atoms with E-state index in [1.165, 1.54) is 6.33 Å². The van der Waals surface area contributed by atoms with E-state index in [0.717, 1.165) is 0 Å². The number of ether oxygens (including phenoxy) is 3. The highest BCUT2D eigenvalue weighted by Gasteiger charge is 2.44. The molecule has 0 saturated carbocycles. The highest BCUT2D eigenvalue weighted by molar-refractivity contribution is 5.81. The van der Waals surface area contributed by atoms with Crippen LogP contribution in [0.1, 0.15) is 6.23 Å². The molecule has 0 unspecified atom stereocenters. The molecular weight excluding hydrogens is 304 g/mol. The Morgan fingerprint density at radius 2 is 2.17 bits per heavy atom. The van der Waals surface area contributed by atoms with Crippen LogP contribution in [0.25, 0.3) is 11.2 Å². The van der Waals surface area contributed by atoms with E-state index in [1.807, 2.05) is 0 Å². The summed E-state index contributed by atoms with van der Waals surface area (Å²) in [7, 11) is 1.59. The maximum absolute atomic E-state index is 9.44. The number of anilines is 1. The van der Waals surface area contributed by atoms with Crippen molar-refractivity contribution in [3.05, 3.63) is 12.7 Å². The average molecular weight is 324 g/mol. The third kappa shape index (κ3) is 2.86. The zero-order chi connectivity index (χ0) is 16.4. The fourth-order valence-corrected chi connectivity index (χ4v) is 2.65. The highest BCUT2D eigenvalue weighted by atomic mass is 16.6. The minimum absolute atomic E-state index is 0.203. The van der Waals surface area contributed by atoms with Gasteiger partial charge in [-0.2, -0.15) is 0 Å². The molecule has 126 valence electrons. The van der Waals surface area contributed by atoms with Gasteiger partial charge in [-0.1, -0.05) is 0 Å². The Hall–Kier alpha value is -1.85. The normalized spacial score (nSPS) is 27.8. The lowest BCUT2D eigenvalue weighted by atomic mass is 10.1. The van der Waals surface area contributed by atoms with Gasteiger partial charge in [-0.25, -0.2) is 15.0 Å². The molecule has 23 heavy (non-hydrogen) atoms. The molecule has 1 fully saturated rings. The van der Waals surface area contributed by atoms with Gasteiger partial charge in [0.05, 0.1) is 32.2 Å². The minimum Gasteiger partial charge on any atom is -0.394 e. The van der Waals surface area contributed by atoms with Crippen molar-refractivity contribution in [3.63, 3.8) is 0 Å². The largest absolute Gasteiger partial charge is 0.394 e. The first kappa shape index (κ1) is 16.0. The van der Waals surface area contributed by atoms with E-state index in [1.54, 1.807) is 18.0 Å². The van der Waals surface area contributed by atoms with Gasteiger partial charge in [-0.15, -0.1) is 0 Å². The Morgan fingerprint density at radius 1 is 1.35 bits per heavy atom. The summed E-state index contributed by atoms with van der Waals surface area (Å²) >= 11 is 0. The predicted octanol–water partition coefficient (Wildman–Crippen LogP) is -1.34. The molecule has 4 atom stereocenters. The first-order chi connectivity index (χ1) is 11.2. The van der Waals surface area contributed by atoms with Gasteiger partial charge >= 0.3 is 0 Å². The van der Waals surface area contributed by atoms with Crippen molar-refractivity contribution in [3.8, 4) is 0 Å². The summed E-state index contributed by atoms with van der Waals surface area (Å²) < 4.78 is 18.3. The maximum Gasteiger partial charge on any atom is 0.167 e. The number of rotatable bonds is 6. The van der Waals surface area contributed by atoms with Crippen molar-refractivity contribution in [2.24, 2.45) is 5.73 Å². The van der Waals surface area contributed by atoms with Crippen LogP contribution in [0.5, 0.6) is 0 Å². The second-order valence-electron chi connectivity index (χ2n) is 5.24. The minimum atomic E-state index is -0.571. The van der Waals surface area contributed by atoms with Crippen LogP contribution in [0, 0.1) is 0 Å². The number of fused-ring (bicyclic) bond motifs is 1. The third-order valence-electron chi connectivity index (χ3n) is 3.84. The number of methoxy groups -OCH3 is 1. The average Bonchev–Trinajstić information content (AvgIpc) is 3.10. The summed E-state index contributed by atoms with van der Waals surface area (Å²) in [5.74, 6) is 0.284. The summed E-state index contributed by atoms with van der Waals surface area (Å²) in [4.78, 5) is 12.3. The number of hydrogen-bond donors (Lipinski definition) is 3. The fourth-order valence-electron chi connectivity index (χ4n) is 2.65. The number of nitrogens with two attached hydrogens (primary N) is 2. The summed E-state index contributed by atoms with van der Waals surface area (Å²) in [6, 6.07) is -0.488. The lowest BCUT2D eigenvalue weighted by Gasteiger charge is -2.22. The predicted molar refractivity (Wildman–Crippen MR) is 80.3 cm³/mol. The monoisotopic (exact) mass is 324 g/mol. The van der Waals surface area contributed by atoms with Crippen LogP contribution >= 0.6 is 0 Å². The molecule has 0 aliphatic carbocycles. The zero-order valence-corrected chi connectivity index (χ0v) is 12.7. The van der Waals surface area contributed by atoms with E-state index < -0.39 is 24.5 Å². The van der Waals surface area contributed by atoms with Gasteiger partial charge in [0.15, 0.2) is 17.7 Å². The molecular formula is C13H20N6O4. The molecule has 5 N–H and O–H groups in total. The first-order valence-electron chi connectivity index (χ1n) is 7.22. The zero-order valence-electron chi connectivity index (χ0n) is 12.7. The van der Waals surface area contributed by atoms with E-state index in [-0.39, 0.29) is 12.4 Å². The van der Waals surface area contributed by atoms with Crippen molar-refractivity contribution < 1.29 is 19.3 Å². The topological polar surface area (TPSA) is 144 Å². The van der Waals surface area contributed by atoms with Gasteiger partial charge < -0.3 is 30.8 Å². The number of imidazole rings is 1. The number of aliphatic hydroxyl groups excluding tert-OH is 1. The van der Waals surface area contributed by atoms with E-state index in [9.17, 15) is 5.11 Å². The van der Waals surface area contributed by atoms with E-state index >= 15 is 0 Å². The number of hydrogen-bond acceptors (Lipinski definition) is 9. The molecule has 3 rings (SSSR count). The van der Waals surface area contributed by atoms with Crippen LogP contribution < -0.4 is 11.5 Å². The Kier molecular flexibility index (Phi) is 4.68. The van der Waals surface area contributed by atoms with Crippen LogP contribution in [-0.2, 0) is 14.2 Å². The molecule has 0 amide bonds. The molecule has 0 bridgehead atoms. The fraction of sp³-hybridized carbons (Fsp3) is 0.615. The summed E-state index contributed by atoms with van der Waals surface area (Å²) in [5, 5.41) is 9.44. The SMILES string of the molecule is COCCO[C@@H]1[C@H](N)[C@@H](CO)O[C@H]1n1cnc2c(N)ncnc21. The van der Waals surface area contributed by atoms with Crippen LogP contribution in [0.2, 0.25) is 0 Å². The van der Waals surface area contributed by atoms with E-state index in [2.05, 4.69) is 15.0 Å². The lowest BCUT2D eigenvalue weighted by Crippen LogP contribution is -2.43. The Morgan fingerprint density at radius 3 is 2.91 bits per heavy atom. The second kappa shape index (κ2) is 6.72. The van der Waals surface area contributed by atoms with Gasteiger partial charge in [0.1, 0.15) is 24.1 Å².